The summed E-state index contributed by atoms with van der Waals surface area (Å²) in [5.41, 5.74) is 1.83. The number of aromatic nitrogens is 1. The topological polar surface area (TPSA) is 65.7 Å². The number of hydrogen-bond acceptors (Lipinski definition) is 4. The van der Waals surface area contributed by atoms with E-state index in [1.165, 1.54) is 0 Å². The molecule has 0 spiro atoms. The first-order valence-electron chi connectivity index (χ1n) is 9.08. The van der Waals surface area contributed by atoms with Gasteiger partial charge in [-0.2, -0.15) is 0 Å². The first kappa shape index (κ1) is 18.2. The zero-order valence-electron chi connectivity index (χ0n) is 15.3. The summed E-state index contributed by atoms with van der Waals surface area (Å²) in [6.45, 7) is 7.53. The van der Waals surface area contributed by atoms with Crippen LogP contribution in [0.4, 0.5) is 0 Å². The summed E-state index contributed by atoms with van der Waals surface area (Å²) >= 11 is 0. The minimum absolute atomic E-state index is 0.444. The van der Waals surface area contributed by atoms with E-state index in [9.17, 15) is 0 Å². The molecule has 0 aliphatic carbocycles. The number of oxazole rings is 1. The molecule has 2 heterocycles. The highest BCUT2D eigenvalue weighted by Gasteiger charge is 2.19. The summed E-state index contributed by atoms with van der Waals surface area (Å²) in [5, 5.41) is 6.83. The molecule has 0 unspecified atom stereocenters. The lowest BCUT2D eigenvalue weighted by molar-refractivity contribution is 0.225. The second-order valence-corrected chi connectivity index (χ2v) is 6.44. The van der Waals surface area contributed by atoms with Crippen molar-refractivity contribution < 1.29 is 4.42 Å². The van der Waals surface area contributed by atoms with Crippen LogP contribution in [-0.4, -0.2) is 48.6 Å². The van der Waals surface area contributed by atoms with Crippen LogP contribution in [0.1, 0.15) is 18.5 Å². The Balaban J connectivity index is 1.48. The minimum Gasteiger partial charge on any atom is -0.444 e. The zero-order valence-corrected chi connectivity index (χ0v) is 15.3. The number of nitrogens with zero attached hydrogens (tertiary/aromatic N) is 3. The predicted octanol–water partition coefficient (Wildman–Crippen LogP) is 2.66. The Morgan fingerprint density at radius 1 is 1.35 bits per heavy atom. The maximum atomic E-state index is 5.58. The quantitative estimate of drug-likeness (QED) is 0.475. The van der Waals surface area contributed by atoms with Crippen LogP contribution < -0.4 is 10.6 Å². The highest BCUT2D eigenvalue weighted by Crippen LogP contribution is 2.17. The average molecular weight is 353 g/mol. The van der Waals surface area contributed by atoms with E-state index in [1.54, 1.807) is 13.3 Å². The molecule has 0 atom stereocenters. The summed E-state index contributed by atoms with van der Waals surface area (Å²) in [5.74, 6) is 1.44. The second-order valence-electron chi connectivity index (χ2n) is 6.44. The van der Waals surface area contributed by atoms with Gasteiger partial charge in [0.25, 0.3) is 0 Å². The van der Waals surface area contributed by atoms with Gasteiger partial charge in [-0.15, -0.1) is 6.58 Å². The standard InChI is InChI=1S/C20H27N5O/c1-3-11-25-12-9-17(10-13-25)24-20(21-2)22-14-18-15-26-19(23-18)16-7-5-4-6-8-16/h3-8,15,17H,1,9-14H2,2H3,(H2,21,22,24). The van der Waals surface area contributed by atoms with E-state index >= 15 is 0 Å². The van der Waals surface area contributed by atoms with Gasteiger partial charge in [-0.25, -0.2) is 4.98 Å². The molecule has 6 nitrogen and oxygen atoms in total. The molecule has 2 aromatic rings. The molecule has 1 saturated heterocycles. The predicted molar refractivity (Wildman–Crippen MR) is 105 cm³/mol. The Morgan fingerprint density at radius 3 is 2.81 bits per heavy atom. The van der Waals surface area contributed by atoms with E-state index in [1.807, 2.05) is 36.4 Å². The van der Waals surface area contributed by atoms with Gasteiger partial charge >= 0.3 is 0 Å². The molecule has 1 aliphatic rings. The molecule has 6 heteroatoms. The number of benzene rings is 1. The smallest absolute Gasteiger partial charge is 0.226 e. The Kier molecular flexibility index (Phi) is 6.44. The fourth-order valence-electron chi connectivity index (χ4n) is 3.11. The van der Waals surface area contributed by atoms with E-state index in [0.29, 0.717) is 18.5 Å². The van der Waals surface area contributed by atoms with Crippen LogP contribution in [0.5, 0.6) is 0 Å². The van der Waals surface area contributed by atoms with Crippen LogP contribution >= 0.6 is 0 Å². The van der Waals surface area contributed by atoms with Crippen LogP contribution in [0.15, 0.2) is 58.7 Å². The molecule has 0 amide bonds. The highest BCUT2D eigenvalue weighted by molar-refractivity contribution is 5.79. The number of rotatable bonds is 6. The Labute approximate surface area is 155 Å². The molecular formula is C20H27N5O. The van der Waals surface area contributed by atoms with E-state index in [-0.39, 0.29) is 0 Å². The van der Waals surface area contributed by atoms with Crippen molar-refractivity contribution in [2.75, 3.05) is 26.7 Å². The third-order valence-corrected chi connectivity index (χ3v) is 4.55. The molecule has 1 aromatic carbocycles. The van der Waals surface area contributed by atoms with E-state index in [4.69, 9.17) is 4.42 Å². The van der Waals surface area contributed by atoms with E-state index < -0.39 is 0 Å². The van der Waals surface area contributed by atoms with Crippen LogP contribution in [0.2, 0.25) is 0 Å². The first-order valence-corrected chi connectivity index (χ1v) is 9.08. The molecular weight excluding hydrogens is 326 g/mol. The third-order valence-electron chi connectivity index (χ3n) is 4.55. The lowest BCUT2D eigenvalue weighted by Crippen LogP contribution is -2.48. The van der Waals surface area contributed by atoms with Crippen molar-refractivity contribution in [3.05, 3.63) is 54.9 Å². The molecule has 26 heavy (non-hydrogen) atoms. The highest BCUT2D eigenvalue weighted by atomic mass is 16.3. The van der Waals surface area contributed by atoms with Gasteiger partial charge in [-0.05, 0) is 25.0 Å². The minimum atomic E-state index is 0.444. The Bertz CT molecular complexity index is 717. The lowest BCUT2D eigenvalue weighted by Gasteiger charge is -2.32. The summed E-state index contributed by atoms with van der Waals surface area (Å²) in [6.07, 6.45) is 5.87. The molecule has 3 rings (SSSR count). The maximum absolute atomic E-state index is 5.58. The van der Waals surface area contributed by atoms with Gasteiger partial charge in [0.1, 0.15) is 6.26 Å². The zero-order chi connectivity index (χ0) is 18.2. The van der Waals surface area contributed by atoms with Crippen molar-refractivity contribution >= 4 is 5.96 Å². The van der Waals surface area contributed by atoms with Gasteiger partial charge in [-0.3, -0.25) is 9.89 Å². The average Bonchev–Trinajstić information content (AvgIpc) is 3.16. The normalized spacial score (nSPS) is 16.4. The second kappa shape index (κ2) is 9.20. The summed E-state index contributed by atoms with van der Waals surface area (Å²) in [7, 11) is 1.79. The fraction of sp³-hybridized carbons (Fsp3) is 0.400. The van der Waals surface area contributed by atoms with Crippen molar-refractivity contribution in [1.82, 2.24) is 20.5 Å². The van der Waals surface area contributed by atoms with Crippen molar-refractivity contribution in [2.45, 2.75) is 25.4 Å². The monoisotopic (exact) mass is 353 g/mol. The largest absolute Gasteiger partial charge is 0.444 e. The molecule has 0 saturated carbocycles. The number of guanidine groups is 1. The summed E-state index contributed by atoms with van der Waals surface area (Å²) in [4.78, 5) is 11.3. The Morgan fingerprint density at radius 2 is 2.12 bits per heavy atom. The van der Waals surface area contributed by atoms with Gasteiger partial charge in [0.05, 0.1) is 12.2 Å². The molecule has 1 aromatic heterocycles. The van der Waals surface area contributed by atoms with Crippen LogP contribution in [-0.2, 0) is 6.54 Å². The number of hydrogen-bond donors (Lipinski definition) is 2. The van der Waals surface area contributed by atoms with Crippen molar-refractivity contribution in [3.8, 4) is 11.5 Å². The maximum Gasteiger partial charge on any atom is 0.226 e. The summed E-state index contributed by atoms with van der Waals surface area (Å²) < 4.78 is 5.58. The Hall–Kier alpha value is -2.60. The van der Waals surface area contributed by atoms with Crippen LogP contribution in [0.25, 0.3) is 11.5 Å². The first-order chi connectivity index (χ1) is 12.8. The van der Waals surface area contributed by atoms with Gasteiger partial charge in [0.2, 0.25) is 5.89 Å². The van der Waals surface area contributed by atoms with Crippen LogP contribution in [0, 0.1) is 0 Å². The number of piperidine rings is 1. The van der Waals surface area contributed by atoms with Crippen molar-refractivity contribution in [2.24, 2.45) is 4.99 Å². The van der Waals surface area contributed by atoms with Crippen LogP contribution in [0.3, 0.4) is 0 Å². The molecule has 138 valence electrons. The fourth-order valence-corrected chi connectivity index (χ4v) is 3.11. The van der Waals surface area contributed by atoms with Crippen molar-refractivity contribution in [3.63, 3.8) is 0 Å². The van der Waals surface area contributed by atoms with Gasteiger partial charge in [0.15, 0.2) is 5.96 Å². The lowest BCUT2D eigenvalue weighted by atomic mass is 10.1. The summed E-state index contributed by atoms with van der Waals surface area (Å²) in [6, 6.07) is 10.4. The van der Waals surface area contributed by atoms with E-state index in [2.05, 4.69) is 32.1 Å². The number of likely N-dealkylation sites (tertiary alicyclic amines) is 1. The molecule has 0 radical (unpaired) electrons. The molecule has 1 aliphatic heterocycles. The van der Waals surface area contributed by atoms with Gasteiger partial charge in [-0.1, -0.05) is 24.3 Å². The molecule has 0 bridgehead atoms. The van der Waals surface area contributed by atoms with E-state index in [0.717, 1.165) is 49.7 Å². The van der Waals surface area contributed by atoms with Crippen molar-refractivity contribution in [1.29, 1.82) is 0 Å². The SMILES string of the molecule is C=CCN1CCC(NC(=NC)NCc2coc(-c3ccccc3)n2)CC1. The third kappa shape index (κ3) is 4.95. The van der Waals surface area contributed by atoms with Gasteiger partial charge in [0, 0.05) is 38.3 Å². The number of aliphatic imine (C=N–C) groups is 1. The molecule has 2 N–H and O–H groups in total. The number of nitrogens with one attached hydrogen (secondary N) is 2. The molecule has 1 fully saturated rings. The van der Waals surface area contributed by atoms with Gasteiger partial charge < -0.3 is 15.1 Å².